The second-order valence-electron chi connectivity index (χ2n) is 6.70. The molecule has 1 N–H and O–H groups in total. The Hall–Kier alpha value is -2.67. The van der Waals surface area contributed by atoms with Crippen LogP contribution in [0.15, 0.2) is 48.5 Å². The third-order valence-corrected chi connectivity index (χ3v) is 6.24. The molecular formula is C22H26N2O4S. The molecule has 2 aromatic rings. The molecule has 0 aromatic heterocycles. The van der Waals surface area contributed by atoms with E-state index in [4.69, 9.17) is 9.47 Å². The molecule has 0 unspecified atom stereocenters. The molecule has 0 spiro atoms. The van der Waals surface area contributed by atoms with Crippen LogP contribution in [0.3, 0.4) is 0 Å². The van der Waals surface area contributed by atoms with Gasteiger partial charge in [0, 0.05) is 18.7 Å². The number of nitrogens with zero attached hydrogens (tertiary/aromatic N) is 1. The lowest BCUT2D eigenvalue weighted by molar-refractivity contribution is -0.139. The highest BCUT2D eigenvalue weighted by Crippen LogP contribution is 2.42. The molecule has 1 aliphatic rings. The van der Waals surface area contributed by atoms with E-state index in [9.17, 15) is 9.59 Å². The Balaban J connectivity index is 1.71. The minimum Gasteiger partial charge on any atom is -0.497 e. The van der Waals surface area contributed by atoms with Crippen molar-refractivity contribution in [1.29, 1.82) is 0 Å². The van der Waals surface area contributed by atoms with Gasteiger partial charge in [0.25, 0.3) is 0 Å². The van der Waals surface area contributed by atoms with Crippen molar-refractivity contribution in [3.8, 4) is 11.5 Å². The number of hydrogen-bond donors (Lipinski definition) is 1. The van der Waals surface area contributed by atoms with E-state index in [2.05, 4.69) is 5.32 Å². The van der Waals surface area contributed by atoms with Gasteiger partial charge in [-0.2, -0.15) is 0 Å². The van der Waals surface area contributed by atoms with E-state index in [1.165, 1.54) is 0 Å². The zero-order chi connectivity index (χ0) is 20.8. The van der Waals surface area contributed by atoms with Crippen molar-refractivity contribution in [3.05, 3.63) is 59.7 Å². The summed E-state index contributed by atoms with van der Waals surface area (Å²) in [6.45, 7) is 2.23. The normalized spacial score (nSPS) is 18.4. The van der Waals surface area contributed by atoms with Crippen LogP contribution in [0.1, 0.15) is 29.8 Å². The summed E-state index contributed by atoms with van der Waals surface area (Å²) in [7, 11) is 3.24. The molecule has 6 nitrogen and oxygen atoms in total. The van der Waals surface area contributed by atoms with Crippen LogP contribution in [0, 0.1) is 0 Å². The molecule has 0 aliphatic carbocycles. The molecule has 1 heterocycles. The van der Waals surface area contributed by atoms with Gasteiger partial charge < -0.3 is 19.7 Å². The number of carbonyl (C=O) groups excluding carboxylic acids is 2. The average molecular weight is 415 g/mol. The van der Waals surface area contributed by atoms with Crippen molar-refractivity contribution >= 4 is 23.6 Å². The van der Waals surface area contributed by atoms with Gasteiger partial charge in [0.05, 0.1) is 14.2 Å². The predicted molar refractivity (Wildman–Crippen MR) is 114 cm³/mol. The maximum Gasteiger partial charge on any atom is 0.243 e. The van der Waals surface area contributed by atoms with Gasteiger partial charge in [-0.05, 0) is 35.4 Å². The summed E-state index contributed by atoms with van der Waals surface area (Å²) in [5.41, 5.74) is 1.97. The van der Waals surface area contributed by atoms with Crippen LogP contribution in [-0.2, 0) is 16.1 Å². The summed E-state index contributed by atoms with van der Waals surface area (Å²) >= 11 is 1.61. The highest BCUT2D eigenvalue weighted by Gasteiger charge is 2.41. The Bertz CT molecular complexity index is 839. The van der Waals surface area contributed by atoms with E-state index in [0.717, 1.165) is 22.6 Å². The molecular weight excluding hydrogens is 388 g/mol. The van der Waals surface area contributed by atoms with Crippen LogP contribution in [0.5, 0.6) is 11.5 Å². The van der Waals surface area contributed by atoms with E-state index in [-0.39, 0.29) is 17.2 Å². The number of benzene rings is 2. The molecule has 154 valence electrons. The predicted octanol–water partition coefficient (Wildman–Crippen LogP) is 3.37. The molecule has 29 heavy (non-hydrogen) atoms. The van der Waals surface area contributed by atoms with Crippen molar-refractivity contribution in [2.24, 2.45) is 0 Å². The smallest absolute Gasteiger partial charge is 0.243 e. The molecule has 0 saturated carbocycles. The summed E-state index contributed by atoms with van der Waals surface area (Å²) in [5.74, 6) is 1.94. The lowest BCUT2D eigenvalue weighted by Crippen LogP contribution is -2.47. The first-order chi connectivity index (χ1) is 14.1. The number of carbonyl (C=O) groups is 2. The molecule has 7 heteroatoms. The van der Waals surface area contributed by atoms with Crippen LogP contribution in [-0.4, -0.2) is 42.7 Å². The molecule has 1 aliphatic heterocycles. The first-order valence-corrected chi connectivity index (χ1v) is 10.6. The molecule has 0 radical (unpaired) electrons. The number of thioether (sulfide) groups is 1. The van der Waals surface area contributed by atoms with Crippen LogP contribution in [0.2, 0.25) is 0 Å². The van der Waals surface area contributed by atoms with Crippen molar-refractivity contribution in [2.45, 2.75) is 31.3 Å². The van der Waals surface area contributed by atoms with Gasteiger partial charge in [0.2, 0.25) is 11.8 Å². The standard InChI is InChI=1S/C22H26N2O4S/c1-4-20(25)24-19(14-29-22(24)16-7-11-18(28-3)12-8-16)21(26)23-13-15-5-9-17(27-2)10-6-15/h5-12,19,22H,4,13-14H2,1-3H3,(H,23,26)/t19-,22+/m0/s1. The van der Waals surface area contributed by atoms with Gasteiger partial charge in [0.15, 0.2) is 0 Å². The topological polar surface area (TPSA) is 67.9 Å². The Labute approximate surface area is 175 Å². The summed E-state index contributed by atoms with van der Waals surface area (Å²) in [6, 6.07) is 14.7. The highest BCUT2D eigenvalue weighted by molar-refractivity contribution is 7.99. The number of hydrogen-bond acceptors (Lipinski definition) is 5. The van der Waals surface area contributed by atoms with E-state index >= 15 is 0 Å². The number of amides is 2. The molecule has 3 rings (SSSR count). The number of nitrogens with one attached hydrogen (secondary N) is 1. The van der Waals surface area contributed by atoms with Crippen molar-refractivity contribution in [3.63, 3.8) is 0 Å². The lowest BCUT2D eigenvalue weighted by atomic mass is 10.1. The van der Waals surface area contributed by atoms with Crippen molar-refractivity contribution < 1.29 is 19.1 Å². The van der Waals surface area contributed by atoms with Gasteiger partial charge in [-0.3, -0.25) is 9.59 Å². The summed E-state index contributed by atoms with van der Waals surface area (Å²) in [5, 5.41) is 2.79. The van der Waals surface area contributed by atoms with Gasteiger partial charge in [-0.15, -0.1) is 11.8 Å². The average Bonchev–Trinajstić information content (AvgIpc) is 3.22. The summed E-state index contributed by atoms with van der Waals surface area (Å²) in [6.07, 6.45) is 0.357. The number of rotatable bonds is 7. The van der Waals surface area contributed by atoms with E-state index in [1.54, 1.807) is 30.9 Å². The zero-order valence-corrected chi connectivity index (χ0v) is 17.7. The SMILES string of the molecule is CCC(=O)N1[C@@H](c2ccc(OC)cc2)SC[C@H]1C(=O)NCc1ccc(OC)cc1. The molecule has 2 amide bonds. The molecule has 1 fully saturated rings. The van der Waals surface area contributed by atoms with Crippen LogP contribution < -0.4 is 14.8 Å². The highest BCUT2D eigenvalue weighted by atomic mass is 32.2. The van der Waals surface area contributed by atoms with E-state index < -0.39 is 6.04 Å². The first-order valence-electron chi connectivity index (χ1n) is 9.54. The quantitative estimate of drug-likeness (QED) is 0.752. The largest absolute Gasteiger partial charge is 0.497 e. The van der Waals surface area contributed by atoms with Gasteiger partial charge in [0.1, 0.15) is 22.9 Å². The molecule has 0 bridgehead atoms. The van der Waals surface area contributed by atoms with Crippen LogP contribution in [0.25, 0.3) is 0 Å². The van der Waals surface area contributed by atoms with E-state index in [1.807, 2.05) is 55.5 Å². The lowest BCUT2D eigenvalue weighted by Gasteiger charge is -2.29. The third kappa shape index (κ3) is 4.85. The Morgan fingerprint density at radius 3 is 2.17 bits per heavy atom. The van der Waals surface area contributed by atoms with Gasteiger partial charge >= 0.3 is 0 Å². The van der Waals surface area contributed by atoms with Crippen molar-refractivity contribution in [2.75, 3.05) is 20.0 Å². The zero-order valence-electron chi connectivity index (χ0n) is 16.9. The maximum absolute atomic E-state index is 12.9. The fraction of sp³-hybridized carbons (Fsp3) is 0.364. The second-order valence-corrected chi connectivity index (χ2v) is 7.81. The van der Waals surface area contributed by atoms with E-state index in [0.29, 0.717) is 18.7 Å². The molecule has 2 atom stereocenters. The van der Waals surface area contributed by atoms with Gasteiger partial charge in [-0.25, -0.2) is 0 Å². The second kappa shape index (κ2) is 9.69. The minimum atomic E-state index is -0.488. The van der Waals surface area contributed by atoms with Gasteiger partial charge in [-0.1, -0.05) is 31.2 Å². The molecule has 2 aromatic carbocycles. The summed E-state index contributed by atoms with van der Waals surface area (Å²) < 4.78 is 10.4. The van der Waals surface area contributed by atoms with Crippen molar-refractivity contribution in [1.82, 2.24) is 10.2 Å². The Kier molecular flexibility index (Phi) is 7.04. The fourth-order valence-corrected chi connectivity index (χ4v) is 4.72. The molecule has 1 saturated heterocycles. The third-order valence-electron chi connectivity index (χ3n) is 4.92. The monoisotopic (exact) mass is 414 g/mol. The Morgan fingerprint density at radius 2 is 1.62 bits per heavy atom. The number of ether oxygens (including phenoxy) is 2. The first kappa shape index (κ1) is 21.0. The summed E-state index contributed by atoms with van der Waals surface area (Å²) in [4.78, 5) is 27.3. The van der Waals surface area contributed by atoms with Crippen LogP contribution in [0.4, 0.5) is 0 Å². The minimum absolute atomic E-state index is 0.0274. The maximum atomic E-state index is 12.9. The fourth-order valence-electron chi connectivity index (χ4n) is 3.27. The van der Waals surface area contributed by atoms with Crippen LogP contribution >= 0.6 is 11.8 Å². The Morgan fingerprint density at radius 1 is 1.03 bits per heavy atom. The number of methoxy groups -OCH3 is 2.